The van der Waals surface area contributed by atoms with Crippen LogP contribution in [0, 0.1) is 23.2 Å². The number of rotatable bonds is 5. The van der Waals surface area contributed by atoms with E-state index in [0.29, 0.717) is 0 Å². The average Bonchev–Trinajstić information content (AvgIpc) is 2.96. The van der Waals surface area contributed by atoms with E-state index in [1.807, 2.05) is 6.07 Å². The Balaban J connectivity index is 2.53. The van der Waals surface area contributed by atoms with E-state index in [2.05, 4.69) is 5.32 Å². The van der Waals surface area contributed by atoms with Crippen molar-refractivity contribution in [3.63, 3.8) is 0 Å². The second-order valence-electron chi connectivity index (χ2n) is 3.94. The zero-order chi connectivity index (χ0) is 11.4. The molecule has 0 saturated heterocycles. The molecule has 5 heteroatoms. The molecule has 15 heavy (non-hydrogen) atoms. The third-order valence-corrected chi connectivity index (χ3v) is 2.49. The fourth-order valence-corrected chi connectivity index (χ4v) is 1.33. The van der Waals surface area contributed by atoms with Crippen molar-refractivity contribution in [3.05, 3.63) is 0 Å². The van der Waals surface area contributed by atoms with Crippen molar-refractivity contribution in [1.29, 1.82) is 5.26 Å². The van der Waals surface area contributed by atoms with Crippen LogP contribution in [0.4, 0.5) is 0 Å². The Kier molecular flexibility index (Phi) is 3.67. The molecule has 0 aliphatic heterocycles. The van der Waals surface area contributed by atoms with E-state index >= 15 is 0 Å². The molecule has 1 amide bonds. The maximum Gasteiger partial charge on any atom is 0.326 e. The maximum absolute atomic E-state index is 11.4. The molecule has 1 aliphatic carbocycles. The lowest BCUT2D eigenvalue weighted by Gasteiger charge is -2.19. The summed E-state index contributed by atoms with van der Waals surface area (Å²) in [6.45, 7) is 1.65. The number of carbonyl (C=O) groups is 2. The highest BCUT2D eigenvalue weighted by molar-refractivity contribution is 5.86. The minimum atomic E-state index is -1.08. The predicted molar refractivity (Wildman–Crippen MR) is 51.7 cm³/mol. The summed E-state index contributed by atoms with van der Waals surface area (Å²) in [6.07, 6.45) is 1.80. The average molecular weight is 210 g/mol. The summed E-state index contributed by atoms with van der Waals surface area (Å²) in [6, 6.07) is 0.960. The van der Waals surface area contributed by atoms with Gasteiger partial charge in [0.05, 0.1) is 6.07 Å². The molecule has 1 fully saturated rings. The molecule has 0 heterocycles. The van der Waals surface area contributed by atoms with Crippen molar-refractivity contribution < 1.29 is 14.7 Å². The van der Waals surface area contributed by atoms with Gasteiger partial charge in [0.1, 0.15) is 6.04 Å². The molecule has 2 atom stereocenters. The Hall–Kier alpha value is -1.57. The number of nitriles is 1. The highest BCUT2D eigenvalue weighted by Gasteiger charge is 2.34. The van der Waals surface area contributed by atoms with E-state index in [4.69, 9.17) is 10.4 Å². The Morgan fingerprint density at radius 2 is 2.20 bits per heavy atom. The first-order valence-corrected chi connectivity index (χ1v) is 4.96. The molecule has 0 radical (unpaired) electrons. The molecule has 0 unspecified atom stereocenters. The number of hydrogen-bond acceptors (Lipinski definition) is 3. The second-order valence-corrected chi connectivity index (χ2v) is 3.94. The molecule has 0 aromatic carbocycles. The Morgan fingerprint density at radius 1 is 1.60 bits per heavy atom. The monoisotopic (exact) mass is 210 g/mol. The van der Waals surface area contributed by atoms with Crippen LogP contribution < -0.4 is 5.32 Å². The van der Waals surface area contributed by atoms with Gasteiger partial charge in [-0.15, -0.1) is 0 Å². The van der Waals surface area contributed by atoms with Gasteiger partial charge in [-0.2, -0.15) is 5.26 Å². The van der Waals surface area contributed by atoms with Gasteiger partial charge in [-0.1, -0.05) is 6.92 Å². The van der Waals surface area contributed by atoms with Crippen LogP contribution in [-0.4, -0.2) is 23.0 Å². The smallest absolute Gasteiger partial charge is 0.326 e. The number of carbonyl (C=O) groups excluding carboxylic acids is 1. The molecule has 2 N–H and O–H groups in total. The lowest BCUT2D eigenvalue weighted by molar-refractivity contribution is -0.143. The quantitative estimate of drug-likeness (QED) is 0.692. The molecule has 1 aliphatic rings. The standard InChI is InChI=1S/C10H14N2O3/c1-6(4-5-11)8(10(14)15)12-9(13)7-2-3-7/h6-8H,2-4H2,1H3,(H,12,13)(H,14,15)/t6-,8+/m0/s1. The van der Waals surface area contributed by atoms with Crippen molar-refractivity contribution in [1.82, 2.24) is 5.32 Å². The van der Waals surface area contributed by atoms with Crippen LogP contribution in [-0.2, 0) is 9.59 Å². The van der Waals surface area contributed by atoms with Crippen molar-refractivity contribution in [2.75, 3.05) is 0 Å². The van der Waals surface area contributed by atoms with Gasteiger partial charge >= 0.3 is 5.97 Å². The minimum Gasteiger partial charge on any atom is -0.480 e. The maximum atomic E-state index is 11.4. The van der Waals surface area contributed by atoms with Gasteiger partial charge in [-0.3, -0.25) is 4.79 Å². The van der Waals surface area contributed by atoms with E-state index in [-0.39, 0.29) is 24.2 Å². The van der Waals surface area contributed by atoms with Gasteiger partial charge in [0.25, 0.3) is 0 Å². The van der Waals surface area contributed by atoms with E-state index in [1.165, 1.54) is 0 Å². The number of carboxylic acids is 1. The summed E-state index contributed by atoms with van der Waals surface area (Å²) < 4.78 is 0. The van der Waals surface area contributed by atoms with E-state index in [9.17, 15) is 9.59 Å². The molecular weight excluding hydrogens is 196 g/mol. The van der Waals surface area contributed by atoms with E-state index in [1.54, 1.807) is 6.92 Å². The first-order chi connectivity index (χ1) is 7.06. The van der Waals surface area contributed by atoms with Gasteiger partial charge < -0.3 is 10.4 Å². The van der Waals surface area contributed by atoms with Crippen molar-refractivity contribution in [2.45, 2.75) is 32.2 Å². The third kappa shape index (κ3) is 3.24. The zero-order valence-electron chi connectivity index (χ0n) is 8.56. The first kappa shape index (κ1) is 11.5. The van der Waals surface area contributed by atoms with Gasteiger partial charge in [-0.25, -0.2) is 4.79 Å². The van der Waals surface area contributed by atoms with E-state index in [0.717, 1.165) is 12.8 Å². The van der Waals surface area contributed by atoms with Gasteiger partial charge in [0.2, 0.25) is 5.91 Å². The summed E-state index contributed by atoms with van der Waals surface area (Å²) in [5.41, 5.74) is 0. The number of aliphatic carboxylic acids is 1. The molecule has 0 aromatic heterocycles. The molecule has 0 bridgehead atoms. The first-order valence-electron chi connectivity index (χ1n) is 4.96. The summed E-state index contributed by atoms with van der Waals surface area (Å²) in [7, 11) is 0. The number of nitrogens with zero attached hydrogens (tertiary/aromatic N) is 1. The molecule has 0 aromatic rings. The number of nitrogens with one attached hydrogen (secondary N) is 1. The summed E-state index contributed by atoms with van der Waals surface area (Å²) in [4.78, 5) is 22.2. The summed E-state index contributed by atoms with van der Waals surface area (Å²) in [5.74, 6) is -1.66. The van der Waals surface area contributed by atoms with Crippen molar-refractivity contribution >= 4 is 11.9 Å². The lowest BCUT2D eigenvalue weighted by Crippen LogP contribution is -2.45. The van der Waals surface area contributed by atoms with Crippen LogP contribution in [0.25, 0.3) is 0 Å². The molecule has 1 rings (SSSR count). The number of carboxylic acid groups (broad SMARTS) is 1. The van der Waals surface area contributed by atoms with Crippen LogP contribution in [0.15, 0.2) is 0 Å². The van der Waals surface area contributed by atoms with Gasteiger partial charge in [0, 0.05) is 18.3 Å². The lowest BCUT2D eigenvalue weighted by atomic mass is 9.99. The SMILES string of the molecule is C[C@@H](CC#N)[C@@H](NC(=O)C1CC1)C(=O)O. The topological polar surface area (TPSA) is 90.2 Å². The van der Waals surface area contributed by atoms with Crippen LogP contribution in [0.5, 0.6) is 0 Å². The molecule has 1 saturated carbocycles. The molecule has 0 spiro atoms. The molecule has 82 valence electrons. The van der Waals surface area contributed by atoms with Crippen LogP contribution >= 0.6 is 0 Å². The number of amides is 1. The van der Waals surface area contributed by atoms with Crippen LogP contribution in [0.1, 0.15) is 26.2 Å². The van der Waals surface area contributed by atoms with Crippen molar-refractivity contribution in [2.24, 2.45) is 11.8 Å². The largest absolute Gasteiger partial charge is 0.480 e. The Morgan fingerprint density at radius 3 is 2.60 bits per heavy atom. The fourth-order valence-electron chi connectivity index (χ4n) is 1.33. The second kappa shape index (κ2) is 4.78. The van der Waals surface area contributed by atoms with Gasteiger partial charge in [0.15, 0.2) is 0 Å². The predicted octanol–water partition coefficient (Wildman–Crippen LogP) is 0.516. The van der Waals surface area contributed by atoms with Crippen LogP contribution in [0.2, 0.25) is 0 Å². The zero-order valence-corrected chi connectivity index (χ0v) is 8.56. The van der Waals surface area contributed by atoms with Crippen molar-refractivity contribution in [3.8, 4) is 6.07 Å². The molecule has 5 nitrogen and oxygen atoms in total. The summed E-state index contributed by atoms with van der Waals surface area (Å²) in [5, 5.41) is 19.8. The molecular formula is C10H14N2O3. The number of hydrogen-bond donors (Lipinski definition) is 2. The normalized spacial score (nSPS) is 18.7. The highest BCUT2D eigenvalue weighted by atomic mass is 16.4. The third-order valence-electron chi connectivity index (χ3n) is 2.49. The minimum absolute atomic E-state index is 0.0128. The Bertz CT molecular complexity index is 304. The fraction of sp³-hybridized carbons (Fsp3) is 0.700. The Labute approximate surface area is 88.1 Å². The summed E-state index contributed by atoms with van der Waals surface area (Å²) >= 11 is 0. The van der Waals surface area contributed by atoms with E-state index < -0.39 is 12.0 Å². The van der Waals surface area contributed by atoms with Crippen LogP contribution in [0.3, 0.4) is 0 Å². The highest BCUT2D eigenvalue weighted by Crippen LogP contribution is 2.29. The van der Waals surface area contributed by atoms with Gasteiger partial charge in [-0.05, 0) is 12.8 Å².